The molecule has 1 N–H and O–H groups in total. The van der Waals surface area contributed by atoms with Crippen LogP contribution >= 0.6 is 57.5 Å². The number of thiophene rings is 2. The molecule has 0 atom stereocenters. The minimum atomic E-state index is -0.171. The van der Waals surface area contributed by atoms with Crippen molar-refractivity contribution >= 4 is 77.9 Å². The van der Waals surface area contributed by atoms with Crippen molar-refractivity contribution in [3.05, 3.63) is 49.0 Å². The summed E-state index contributed by atoms with van der Waals surface area (Å²) in [7, 11) is 0. The summed E-state index contributed by atoms with van der Waals surface area (Å²) in [5.41, 5.74) is 1.29. The topological polar surface area (TPSA) is 71.5 Å². The smallest absolute Gasteiger partial charge is 0.269 e. The highest BCUT2D eigenvalue weighted by Gasteiger charge is 2.04. The van der Waals surface area contributed by atoms with Crippen LogP contribution in [0.5, 0.6) is 0 Å². The molecule has 0 saturated carbocycles. The van der Waals surface area contributed by atoms with E-state index in [-0.39, 0.29) is 16.1 Å². The van der Waals surface area contributed by atoms with E-state index in [0.717, 1.165) is 10.2 Å². The van der Waals surface area contributed by atoms with E-state index in [1.54, 1.807) is 6.07 Å². The van der Waals surface area contributed by atoms with Gasteiger partial charge >= 0.3 is 0 Å². The number of hydrogen-bond donors (Lipinski definition) is 1. The summed E-state index contributed by atoms with van der Waals surface area (Å²) in [4.78, 5) is 25.2. The highest BCUT2D eigenvalue weighted by Crippen LogP contribution is 2.26. The van der Waals surface area contributed by atoms with Gasteiger partial charge in [-0.05, 0) is 46.1 Å². The molecule has 0 spiro atoms. The molecule has 0 aromatic carbocycles. The maximum Gasteiger partial charge on any atom is 0.269 e. The van der Waals surface area contributed by atoms with Crippen LogP contribution < -0.4 is 5.56 Å². The first kappa shape index (κ1) is 15.6. The average Bonchev–Trinajstić information content (AvgIpc) is 3.07. The highest BCUT2D eigenvalue weighted by molar-refractivity contribution is 7.17. The maximum absolute atomic E-state index is 11.1. The first-order chi connectivity index (χ1) is 10.5. The number of nitrogens with one attached hydrogen (secondary N) is 1. The van der Waals surface area contributed by atoms with Crippen molar-refractivity contribution in [3.8, 4) is 0 Å². The Bertz CT molecular complexity index is 1010. The second-order valence-electron chi connectivity index (χ2n) is 3.91. The Morgan fingerprint density at radius 3 is 2.27 bits per heavy atom. The molecule has 0 bridgehead atoms. The van der Waals surface area contributed by atoms with Gasteiger partial charge in [0.1, 0.15) is 4.70 Å². The minimum Gasteiger partial charge on any atom is -0.296 e. The van der Waals surface area contributed by atoms with Gasteiger partial charge in [-0.2, -0.15) is 0 Å². The van der Waals surface area contributed by atoms with Crippen LogP contribution in [-0.4, -0.2) is 19.9 Å². The van der Waals surface area contributed by atoms with Gasteiger partial charge in [-0.15, -0.1) is 22.7 Å². The molecule has 0 amide bonds. The second-order valence-corrected chi connectivity index (χ2v) is 6.80. The summed E-state index contributed by atoms with van der Waals surface area (Å²) < 4.78 is 1.51. The summed E-state index contributed by atoms with van der Waals surface area (Å²) in [5, 5.41) is 4.47. The van der Waals surface area contributed by atoms with Crippen molar-refractivity contribution in [2.75, 3.05) is 0 Å². The van der Waals surface area contributed by atoms with E-state index >= 15 is 0 Å². The van der Waals surface area contributed by atoms with Gasteiger partial charge in [-0.1, -0.05) is 11.6 Å². The largest absolute Gasteiger partial charge is 0.296 e. The van der Waals surface area contributed by atoms with Gasteiger partial charge in [0, 0.05) is 0 Å². The van der Waals surface area contributed by atoms with Crippen LogP contribution in [0.15, 0.2) is 27.7 Å². The van der Waals surface area contributed by atoms with E-state index in [1.165, 1.54) is 22.7 Å². The molecule has 22 heavy (non-hydrogen) atoms. The molecular weight excluding hydrogens is 387 g/mol. The van der Waals surface area contributed by atoms with E-state index in [2.05, 4.69) is 19.9 Å². The summed E-state index contributed by atoms with van der Waals surface area (Å²) in [6.45, 7) is 0. The normalized spacial score (nSPS) is 10.7. The average molecular weight is 392 g/mol. The number of aromatic nitrogens is 4. The number of H-pyrrole nitrogens is 1. The lowest BCUT2D eigenvalue weighted by atomic mass is 10.5. The molecule has 0 saturated heterocycles. The highest BCUT2D eigenvalue weighted by atomic mass is 35.5. The van der Waals surface area contributed by atoms with Crippen LogP contribution in [0.4, 0.5) is 0 Å². The first-order valence-corrected chi connectivity index (χ1v) is 8.63. The molecule has 0 radical (unpaired) electrons. The lowest BCUT2D eigenvalue weighted by Gasteiger charge is -1.91. The maximum atomic E-state index is 11.1. The van der Waals surface area contributed by atoms with E-state index in [0.29, 0.717) is 15.4 Å². The van der Waals surface area contributed by atoms with Gasteiger partial charge in [-0.3, -0.25) is 9.78 Å². The van der Waals surface area contributed by atoms with Gasteiger partial charge in [-0.25, -0.2) is 15.0 Å². The van der Waals surface area contributed by atoms with Gasteiger partial charge in [0.2, 0.25) is 10.6 Å². The minimum absolute atomic E-state index is 0.140. The molecule has 10 heteroatoms. The van der Waals surface area contributed by atoms with Crippen molar-refractivity contribution < 1.29 is 0 Å². The lowest BCUT2D eigenvalue weighted by molar-refractivity contribution is 1.18. The SMILES string of the molecule is Clc1nc(Cl)c2sccc2n1.O=c1[nH]c(Cl)nc2ccsc12. The first-order valence-electron chi connectivity index (χ1n) is 5.74. The van der Waals surface area contributed by atoms with Crippen LogP contribution in [-0.2, 0) is 0 Å². The Morgan fingerprint density at radius 1 is 0.909 bits per heavy atom. The molecule has 4 rings (SSSR count). The Balaban J connectivity index is 0.000000131. The third kappa shape index (κ3) is 3.23. The van der Waals surface area contributed by atoms with Gasteiger partial charge in [0.25, 0.3) is 5.56 Å². The number of rotatable bonds is 0. The fourth-order valence-electron chi connectivity index (χ4n) is 1.65. The zero-order valence-corrected chi connectivity index (χ0v) is 14.4. The molecule has 4 heterocycles. The summed E-state index contributed by atoms with van der Waals surface area (Å²) >= 11 is 19.7. The van der Waals surface area contributed by atoms with Gasteiger partial charge in [0.05, 0.1) is 15.7 Å². The molecular formula is C12H5Cl3N4OS2. The Labute approximate surface area is 146 Å². The molecule has 0 aliphatic heterocycles. The van der Waals surface area contributed by atoms with Crippen LogP contribution in [0.3, 0.4) is 0 Å². The molecule has 0 aliphatic rings. The van der Waals surface area contributed by atoms with E-state index in [4.69, 9.17) is 34.8 Å². The third-order valence-electron chi connectivity index (χ3n) is 2.52. The predicted molar refractivity (Wildman–Crippen MR) is 92.7 cm³/mol. The van der Waals surface area contributed by atoms with Crippen molar-refractivity contribution in [3.63, 3.8) is 0 Å². The van der Waals surface area contributed by atoms with E-state index < -0.39 is 0 Å². The lowest BCUT2D eigenvalue weighted by Crippen LogP contribution is -2.05. The summed E-state index contributed by atoms with van der Waals surface area (Å²) in [6.07, 6.45) is 0. The Kier molecular flexibility index (Phi) is 4.60. The van der Waals surface area contributed by atoms with Crippen molar-refractivity contribution in [1.82, 2.24) is 19.9 Å². The quantitative estimate of drug-likeness (QED) is 0.350. The predicted octanol–water partition coefficient (Wildman–Crippen LogP) is 4.64. The van der Waals surface area contributed by atoms with E-state index in [1.807, 2.05) is 16.8 Å². The van der Waals surface area contributed by atoms with Gasteiger partial charge < -0.3 is 0 Å². The molecule has 0 aliphatic carbocycles. The van der Waals surface area contributed by atoms with Crippen molar-refractivity contribution in [1.29, 1.82) is 0 Å². The van der Waals surface area contributed by atoms with Gasteiger partial charge in [0.15, 0.2) is 5.15 Å². The molecule has 112 valence electrons. The molecule has 0 unspecified atom stereocenters. The molecule has 4 aromatic heterocycles. The van der Waals surface area contributed by atoms with E-state index in [9.17, 15) is 4.79 Å². The van der Waals surface area contributed by atoms with Crippen LogP contribution in [0, 0.1) is 0 Å². The zero-order valence-electron chi connectivity index (χ0n) is 10.5. The molecule has 4 aromatic rings. The zero-order chi connectivity index (χ0) is 15.7. The monoisotopic (exact) mass is 390 g/mol. The Hall–Kier alpha value is -1.25. The van der Waals surface area contributed by atoms with Crippen LogP contribution in [0.1, 0.15) is 0 Å². The number of halogens is 3. The van der Waals surface area contributed by atoms with Crippen molar-refractivity contribution in [2.24, 2.45) is 0 Å². The van der Waals surface area contributed by atoms with Crippen molar-refractivity contribution in [2.45, 2.75) is 0 Å². The number of nitrogens with zero attached hydrogens (tertiary/aromatic N) is 3. The van der Waals surface area contributed by atoms with Crippen LogP contribution in [0.25, 0.3) is 20.4 Å². The molecule has 0 fully saturated rings. The number of hydrogen-bond acceptors (Lipinski definition) is 6. The molecule has 5 nitrogen and oxygen atoms in total. The standard InChI is InChI=1S/C6H2Cl2N2S.C6H3ClN2OS/c7-5-4-3(1-2-11-4)9-6(8)10-5;7-6-8-3-1-2-11-4(3)5(10)9-6/h1-2H;1-2H,(H,8,9,10). The summed E-state index contributed by atoms with van der Waals surface area (Å²) in [6, 6.07) is 3.63. The fourth-order valence-corrected chi connectivity index (χ4v) is 3.79. The second kappa shape index (κ2) is 6.47. The number of aromatic amines is 1. The Morgan fingerprint density at radius 2 is 1.55 bits per heavy atom. The third-order valence-corrected chi connectivity index (χ3v) is 5.07. The fraction of sp³-hybridized carbons (Fsp3) is 0. The summed E-state index contributed by atoms with van der Waals surface area (Å²) in [5.74, 6) is 0. The number of fused-ring (bicyclic) bond motifs is 2. The van der Waals surface area contributed by atoms with Crippen LogP contribution in [0.2, 0.25) is 15.7 Å².